The Kier molecular flexibility index (Phi) is 2.52. The number of nitrogens with one attached hydrogen (secondary N) is 1. The van der Waals surface area contributed by atoms with Crippen molar-refractivity contribution in [2.45, 2.75) is 6.92 Å². The van der Waals surface area contributed by atoms with E-state index in [0.29, 0.717) is 5.82 Å². The number of halogens is 1. The number of hydrogen-bond donors (Lipinski definition) is 2. The molecule has 0 aliphatic carbocycles. The summed E-state index contributed by atoms with van der Waals surface area (Å²) < 4.78 is 18.1. The molecular weight excluding hydrogens is 209 g/mol. The molecule has 2 rings (SSSR count). The second-order valence-corrected chi connectivity index (χ2v) is 3.46. The van der Waals surface area contributed by atoms with E-state index in [0.717, 1.165) is 16.8 Å². The lowest BCUT2D eigenvalue weighted by Crippen LogP contribution is -1.90. The van der Waals surface area contributed by atoms with Crippen LogP contribution in [0.3, 0.4) is 0 Å². The maximum atomic E-state index is 13.2. The van der Waals surface area contributed by atoms with Crippen LogP contribution in [-0.4, -0.2) is 17.3 Å². The Morgan fingerprint density at radius 2 is 2.19 bits per heavy atom. The van der Waals surface area contributed by atoms with Crippen molar-refractivity contribution in [3.05, 3.63) is 29.6 Å². The fraction of sp³-hybridized carbons (Fsp3) is 0.182. The van der Waals surface area contributed by atoms with E-state index in [1.807, 2.05) is 6.92 Å². The molecule has 0 amide bonds. The molecule has 2 aromatic rings. The number of benzene rings is 1. The van der Waals surface area contributed by atoms with Gasteiger partial charge in [-0.05, 0) is 25.1 Å². The molecular formula is C11H12FN3O. The summed E-state index contributed by atoms with van der Waals surface area (Å²) in [5, 5.41) is 6.70. The Hall–Kier alpha value is -2.04. The normalized spacial score (nSPS) is 10.4. The van der Waals surface area contributed by atoms with Gasteiger partial charge in [0.25, 0.3) is 0 Å². The van der Waals surface area contributed by atoms with Crippen molar-refractivity contribution >= 4 is 5.82 Å². The molecule has 5 heteroatoms. The number of ether oxygens (including phenoxy) is 1. The zero-order chi connectivity index (χ0) is 11.7. The first-order valence-corrected chi connectivity index (χ1v) is 4.78. The zero-order valence-electron chi connectivity index (χ0n) is 9.04. The van der Waals surface area contributed by atoms with E-state index in [4.69, 9.17) is 10.5 Å². The largest absolute Gasteiger partial charge is 0.494 e. The Labute approximate surface area is 92.2 Å². The standard InChI is InChI=1S/C11H12FN3O/c1-6-10(14-15-11(6)13)7-3-4-8(12)9(5-7)16-2/h3-5H,1-2H3,(H3,13,14,15). The van der Waals surface area contributed by atoms with E-state index >= 15 is 0 Å². The molecule has 0 unspecified atom stereocenters. The maximum absolute atomic E-state index is 13.2. The van der Waals surface area contributed by atoms with Gasteiger partial charge in [-0.15, -0.1) is 0 Å². The molecule has 3 N–H and O–H groups in total. The summed E-state index contributed by atoms with van der Waals surface area (Å²) in [4.78, 5) is 0. The average molecular weight is 221 g/mol. The molecule has 84 valence electrons. The van der Waals surface area contributed by atoms with E-state index in [2.05, 4.69) is 10.2 Å². The molecule has 0 atom stereocenters. The highest BCUT2D eigenvalue weighted by Gasteiger charge is 2.10. The predicted octanol–water partition coefficient (Wildman–Crippen LogP) is 2.12. The molecule has 16 heavy (non-hydrogen) atoms. The van der Waals surface area contributed by atoms with Crippen LogP contribution in [0, 0.1) is 12.7 Å². The summed E-state index contributed by atoms with van der Waals surface area (Å²) in [6, 6.07) is 4.61. The molecule has 4 nitrogen and oxygen atoms in total. The lowest BCUT2D eigenvalue weighted by Gasteiger charge is -2.04. The van der Waals surface area contributed by atoms with Gasteiger partial charge in [-0.2, -0.15) is 5.10 Å². The summed E-state index contributed by atoms with van der Waals surface area (Å²) in [5.41, 5.74) is 8.04. The lowest BCUT2D eigenvalue weighted by atomic mass is 10.1. The summed E-state index contributed by atoms with van der Waals surface area (Å²) in [6.45, 7) is 1.85. The zero-order valence-corrected chi connectivity index (χ0v) is 9.04. The average Bonchev–Trinajstić information content (AvgIpc) is 2.61. The van der Waals surface area contributed by atoms with Gasteiger partial charge in [0.05, 0.1) is 12.8 Å². The van der Waals surface area contributed by atoms with E-state index in [1.165, 1.54) is 13.2 Å². The van der Waals surface area contributed by atoms with Crippen LogP contribution in [0.1, 0.15) is 5.56 Å². The van der Waals surface area contributed by atoms with Gasteiger partial charge in [0, 0.05) is 11.1 Å². The fourth-order valence-electron chi connectivity index (χ4n) is 1.51. The van der Waals surface area contributed by atoms with Crippen LogP contribution in [-0.2, 0) is 0 Å². The minimum atomic E-state index is -0.392. The second-order valence-electron chi connectivity index (χ2n) is 3.46. The fourth-order valence-corrected chi connectivity index (χ4v) is 1.51. The number of nitrogen functional groups attached to an aromatic ring is 1. The quantitative estimate of drug-likeness (QED) is 0.816. The Balaban J connectivity index is 2.52. The molecule has 0 fully saturated rings. The van der Waals surface area contributed by atoms with Gasteiger partial charge >= 0.3 is 0 Å². The number of rotatable bonds is 2. The topological polar surface area (TPSA) is 63.9 Å². The second kappa shape index (κ2) is 3.84. The van der Waals surface area contributed by atoms with Gasteiger partial charge in [-0.25, -0.2) is 4.39 Å². The highest BCUT2D eigenvalue weighted by Crippen LogP contribution is 2.28. The van der Waals surface area contributed by atoms with E-state index in [9.17, 15) is 4.39 Å². The van der Waals surface area contributed by atoms with Gasteiger partial charge in [0.15, 0.2) is 11.6 Å². The summed E-state index contributed by atoms with van der Waals surface area (Å²) in [5.74, 6) is 0.250. The third-order valence-electron chi connectivity index (χ3n) is 2.49. The van der Waals surface area contributed by atoms with E-state index in [1.54, 1.807) is 12.1 Å². The Morgan fingerprint density at radius 3 is 2.75 bits per heavy atom. The third-order valence-corrected chi connectivity index (χ3v) is 2.49. The number of aromatic amines is 1. The van der Waals surface area contributed by atoms with Gasteiger partial charge in [0.2, 0.25) is 0 Å². The van der Waals surface area contributed by atoms with Crippen molar-refractivity contribution in [2.75, 3.05) is 12.8 Å². The van der Waals surface area contributed by atoms with Crippen molar-refractivity contribution in [3.8, 4) is 17.0 Å². The van der Waals surface area contributed by atoms with Gasteiger partial charge in [-0.1, -0.05) is 0 Å². The van der Waals surface area contributed by atoms with E-state index < -0.39 is 5.82 Å². The van der Waals surface area contributed by atoms with Crippen LogP contribution in [0.15, 0.2) is 18.2 Å². The number of nitrogens with two attached hydrogens (primary N) is 1. The van der Waals surface area contributed by atoms with Crippen LogP contribution in [0.4, 0.5) is 10.2 Å². The first kappa shape index (κ1) is 10.5. The SMILES string of the molecule is COc1cc(-c2[nH]nc(N)c2C)ccc1F. The van der Waals surface area contributed by atoms with Crippen LogP contribution in [0.2, 0.25) is 0 Å². The van der Waals surface area contributed by atoms with E-state index in [-0.39, 0.29) is 5.75 Å². The summed E-state index contributed by atoms with van der Waals surface area (Å²) in [6.07, 6.45) is 0. The van der Waals surface area contributed by atoms with Crippen molar-refractivity contribution in [1.82, 2.24) is 10.2 Å². The van der Waals surface area contributed by atoms with Crippen molar-refractivity contribution in [2.24, 2.45) is 0 Å². The minimum absolute atomic E-state index is 0.199. The molecule has 0 bridgehead atoms. The van der Waals surface area contributed by atoms with Gasteiger partial charge in [-0.3, -0.25) is 5.10 Å². The molecule has 0 aliphatic heterocycles. The molecule has 0 spiro atoms. The van der Waals surface area contributed by atoms with Gasteiger partial charge < -0.3 is 10.5 Å². The number of methoxy groups -OCH3 is 1. The van der Waals surface area contributed by atoms with Crippen LogP contribution in [0.25, 0.3) is 11.3 Å². The molecule has 1 aromatic heterocycles. The molecule has 0 aliphatic rings. The molecule has 0 radical (unpaired) electrons. The maximum Gasteiger partial charge on any atom is 0.165 e. The van der Waals surface area contributed by atoms with Crippen LogP contribution >= 0.6 is 0 Å². The Bertz CT molecular complexity index is 522. The number of nitrogens with zero attached hydrogens (tertiary/aromatic N) is 1. The van der Waals surface area contributed by atoms with Crippen molar-refractivity contribution in [1.29, 1.82) is 0 Å². The highest BCUT2D eigenvalue weighted by atomic mass is 19.1. The monoisotopic (exact) mass is 221 g/mol. The van der Waals surface area contributed by atoms with Crippen molar-refractivity contribution < 1.29 is 9.13 Å². The molecule has 0 saturated carbocycles. The summed E-state index contributed by atoms with van der Waals surface area (Å²) in [7, 11) is 1.43. The number of hydrogen-bond acceptors (Lipinski definition) is 3. The smallest absolute Gasteiger partial charge is 0.165 e. The summed E-state index contributed by atoms with van der Waals surface area (Å²) >= 11 is 0. The first-order chi connectivity index (χ1) is 7.63. The highest BCUT2D eigenvalue weighted by molar-refractivity contribution is 5.68. The third kappa shape index (κ3) is 1.60. The lowest BCUT2D eigenvalue weighted by molar-refractivity contribution is 0.387. The van der Waals surface area contributed by atoms with Crippen LogP contribution < -0.4 is 10.5 Å². The molecule has 1 heterocycles. The first-order valence-electron chi connectivity index (χ1n) is 4.78. The Morgan fingerprint density at radius 1 is 1.44 bits per heavy atom. The molecule has 1 aromatic carbocycles. The van der Waals surface area contributed by atoms with Crippen LogP contribution in [0.5, 0.6) is 5.75 Å². The number of aromatic nitrogens is 2. The number of H-pyrrole nitrogens is 1. The predicted molar refractivity (Wildman–Crippen MR) is 59.7 cm³/mol. The molecule has 0 saturated heterocycles. The minimum Gasteiger partial charge on any atom is -0.494 e. The van der Waals surface area contributed by atoms with Crippen molar-refractivity contribution in [3.63, 3.8) is 0 Å². The van der Waals surface area contributed by atoms with Gasteiger partial charge in [0.1, 0.15) is 5.82 Å². The number of anilines is 1.